The monoisotopic (exact) mass is 352 g/mol. The molecule has 7 heteroatoms. The smallest absolute Gasteiger partial charge is 0.254 e. The number of amides is 2. The third kappa shape index (κ3) is 3.24. The van der Waals surface area contributed by atoms with Gasteiger partial charge in [0.2, 0.25) is 11.8 Å². The van der Waals surface area contributed by atoms with Crippen LogP contribution in [0, 0.1) is 0 Å². The average Bonchev–Trinajstić information content (AvgIpc) is 3.06. The van der Waals surface area contributed by atoms with Crippen LogP contribution in [0.5, 0.6) is 0 Å². The summed E-state index contributed by atoms with van der Waals surface area (Å²) < 4.78 is 0. The lowest BCUT2D eigenvalue weighted by Gasteiger charge is -2.28. The quantitative estimate of drug-likeness (QED) is 0.861. The van der Waals surface area contributed by atoms with Gasteiger partial charge in [-0.15, -0.1) is 0 Å². The zero-order valence-corrected chi connectivity index (χ0v) is 14.3. The van der Waals surface area contributed by atoms with Crippen molar-refractivity contribution < 1.29 is 9.59 Å². The van der Waals surface area contributed by atoms with Crippen molar-refractivity contribution in [1.82, 2.24) is 20.2 Å². The molecule has 0 unspecified atom stereocenters. The van der Waals surface area contributed by atoms with Crippen molar-refractivity contribution in [2.24, 2.45) is 0 Å². The molecule has 0 aliphatic carbocycles. The summed E-state index contributed by atoms with van der Waals surface area (Å²) in [5, 5.41) is 2.83. The summed E-state index contributed by atoms with van der Waals surface area (Å²) in [5.41, 5.74) is 2.01. The zero-order valence-electron chi connectivity index (χ0n) is 14.3. The fourth-order valence-corrected chi connectivity index (χ4v) is 3.56. The number of carbonyl (C=O) groups excluding carboxylic acids is 2. The second-order valence-corrected chi connectivity index (χ2v) is 6.78. The number of nitrogens with zero attached hydrogens (tertiary/aromatic N) is 2. The molecule has 1 aromatic carbocycles. The van der Waals surface area contributed by atoms with Gasteiger partial charge in [-0.1, -0.05) is 30.3 Å². The Morgan fingerprint density at radius 2 is 2.00 bits per heavy atom. The van der Waals surface area contributed by atoms with Gasteiger partial charge in [-0.05, 0) is 12.8 Å². The highest BCUT2D eigenvalue weighted by Crippen LogP contribution is 2.20. The number of fused-ring (bicyclic) bond motifs is 1. The first kappa shape index (κ1) is 16.5. The number of nitrogens with one attached hydrogen (secondary N) is 2. The van der Waals surface area contributed by atoms with Gasteiger partial charge in [0.05, 0.1) is 12.2 Å². The van der Waals surface area contributed by atoms with Crippen LogP contribution in [0.3, 0.4) is 0 Å². The van der Waals surface area contributed by atoms with E-state index in [4.69, 9.17) is 0 Å². The minimum atomic E-state index is -0.135. The predicted octanol–water partition coefficient (Wildman–Crippen LogP) is 0.990. The first-order chi connectivity index (χ1) is 12.6. The van der Waals surface area contributed by atoms with Crippen LogP contribution < -0.4 is 10.9 Å². The van der Waals surface area contributed by atoms with Crippen molar-refractivity contribution >= 4 is 11.8 Å². The van der Waals surface area contributed by atoms with E-state index >= 15 is 0 Å². The summed E-state index contributed by atoms with van der Waals surface area (Å²) >= 11 is 0. The van der Waals surface area contributed by atoms with Gasteiger partial charge in [-0.3, -0.25) is 14.4 Å². The van der Waals surface area contributed by atoms with Gasteiger partial charge in [0, 0.05) is 36.6 Å². The van der Waals surface area contributed by atoms with E-state index in [1.807, 2.05) is 30.3 Å². The number of hydrogen-bond donors (Lipinski definition) is 2. The highest BCUT2D eigenvalue weighted by Gasteiger charge is 2.28. The number of rotatable bonds is 3. The molecule has 1 fully saturated rings. The Kier molecular flexibility index (Phi) is 4.28. The van der Waals surface area contributed by atoms with Crippen LogP contribution in [-0.2, 0) is 22.6 Å². The predicted molar refractivity (Wildman–Crippen MR) is 95.2 cm³/mol. The maximum absolute atomic E-state index is 12.6. The van der Waals surface area contributed by atoms with E-state index in [9.17, 15) is 14.4 Å². The number of H-pyrrole nitrogens is 1. The molecule has 1 saturated heterocycles. The molecule has 2 N–H and O–H groups in total. The normalized spacial score (nSPS) is 19.2. The Labute approximate surface area is 150 Å². The van der Waals surface area contributed by atoms with Gasteiger partial charge in [-0.25, -0.2) is 4.98 Å². The third-order valence-corrected chi connectivity index (χ3v) is 4.98. The molecule has 26 heavy (non-hydrogen) atoms. The molecule has 7 nitrogen and oxygen atoms in total. The third-order valence-electron chi connectivity index (χ3n) is 4.98. The van der Waals surface area contributed by atoms with Crippen molar-refractivity contribution in [1.29, 1.82) is 0 Å². The zero-order chi connectivity index (χ0) is 18.1. The Morgan fingerprint density at radius 1 is 1.19 bits per heavy atom. The molecule has 2 aliphatic rings. The summed E-state index contributed by atoms with van der Waals surface area (Å²) in [7, 11) is 0. The maximum Gasteiger partial charge on any atom is 0.254 e. The van der Waals surface area contributed by atoms with Crippen molar-refractivity contribution in [3.63, 3.8) is 0 Å². The summed E-state index contributed by atoms with van der Waals surface area (Å²) in [5.74, 6) is 0.519. The van der Waals surface area contributed by atoms with Crippen LogP contribution in [0.25, 0.3) is 11.4 Å². The highest BCUT2D eigenvalue weighted by atomic mass is 16.2. The standard InChI is InChI=1S/C19H20N4O3/c24-16-7-6-13(20-16)10-17(25)23-9-8-14-15(11-23)21-18(22-19(14)26)12-4-2-1-3-5-12/h1-5,13H,6-11H2,(H,20,24)(H,21,22,26)/t13-/m1/s1. The van der Waals surface area contributed by atoms with E-state index < -0.39 is 0 Å². The Morgan fingerprint density at radius 3 is 2.73 bits per heavy atom. The Balaban J connectivity index is 1.54. The molecular weight excluding hydrogens is 332 g/mol. The molecule has 3 heterocycles. The summed E-state index contributed by atoms with van der Waals surface area (Å²) in [6.45, 7) is 0.834. The number of aromatic amines is 1. The Bertz CT molecular complexity index is 907. The average molecular weight is 352 g/mol. The Hall–Kier alpha value is -2.96. The van der Waals surface area contributed by atoms with Crippen LogP contribution >= 0.6 is 0 Å². The maximum atomic E-state index is 12.6. The first-order valence-electron chi connectivity index (χ1n) is 8.85. The first-order valence-corrected chi connectivity index (χ1v) is 8.85. The number of carbonyl (C=O) groups is 2. The van der Waals surface area contributed by atoms with E-state index in [0.717, 1.165) is 5.56 Å². The van der Waals surface area contributed by atoms with Gasteiger partial charge in [-0.2, -0.15) is 0 Å². The van der Waals surface area contributed by atoms with Crippen molar-refractivity contribution in [3.05, 3.63) is 51.9 Å². The van der Waals surface area contributed by atoms with Crippen LogP contribution in [0.15, 0.2) is 35.1 Å². The summed E-state index contributed by atoms with van der Waals surface area (Å²) in [4.78, 5) is 45.4. The number of benzene rings is 1. The van der Waals surface area contributed by atoms with Crippen molar-refractivity contribution in [2.45, 2.75) is 38.3 Å². The minimum absolute atomic E-state index is 0.00694. The SMILES string of the molecule is O=C1CC[C@H](CC(=O)N2CCc3c(nc(-c4ccccc4)[nH]c3=O)C2)N1. The van der Waals surface area contributed by atoms with Crippen LogP contribution in [0.1, 0.15) is 30.5 Å². The largest absolute Gasteiger partial charge is 0.353 e. The van der Waals surface area contributed by atoms with Crippen LogP contribution in [-0.4, -0.2) is 39.3 Å². The second kappa shape index (κ2) is 6.74. The molecule has 134 valence electrons. The summed E-state index contributed by atoms with van der Waals surface area (Å²) in [6.07, 6.45) is 1.98. The van der Waals surface area contributed by atoms with Crippen molar-refractivity contribution in [3.8, 4) is 11.4 Å². The molecule has 1 atom stereocenters. The van der Waals surface area contributed by atoms with Gasteiger partial charge in [0.25, 0.3) is 5.56 Å². The van der Waals surface area contributed by atoms with E-state index in [1.54, 1.807) is 4.90 Å². The minimum Gasteiger partial charge on any atom is -0.353 e. The highest BCUT2D eigenvalue weighted by molar-refractivity contribution is 5.82. The van der Waals surface area contributed by atoms with E-state index in [1.165, 1.54) is 0 Å². The molecule has 0 bridgehead atoms. The van der Waals surface area contributed by atoms with Gasteiger partial charge >= 0.3 is 0 Å². The molecule has 0 saturated carbocycles. The molecule has 0 radical (unpaired) electrons. The molecular formula is C19H20N4O3. The number of hydrogen-bond acceptors (Lipinski definition) is 4. The fourth-order valence-electron chi connectivity index (χ4n) is 3.56. The van der Waals surface area contributed by atoms with Crippen LogP contribution in [0.4, 0.5) is 0 Å². The van der Waals surface area contributed by atoms with Gasteiger partial charge < -0.3 is 15.2 Å². The topological polar surface area (TPSA) is 95.2 Å². The van der Waals surface area contributed by atoms with Gasteiger partial charge in [0.15, 0.2) is 0 Å². The molecule has 4 rings (SSSR count). The van der Waals surface area contributed by atoms with E-state index in [0.29, 0.717) is 55.9 Å². The molecule has 2 aliphatic heterocycles. The molecule has 0 spiro atoms. The van der Waals surface area contributed by atoms with E-state index in [-0.39, 0.29) is 23.4 Å². The lowest BCUT2D eigenvalue weighted by molar-refractivity contribution is -0.132. The molecule has 1 aromatic heterocycles. The molecule has 2 amide bonds. The molecule has 2 aromatic rings. The van der Waals surface area contributed by atoms with Gasteiger partial charge in [0.1, 0.15) is 5.82 Å². The van der Waals surface area contributed by atoms with Crippen LogP contribution in [0.2, 0.25) is 0 Å². The summed E-state index contributed by atoms with van der Waals surface area (Å²) in [6, 6.07) is 9.38. The van der Waals surface area contributed by atoms with Crippen molar-refractivity contribution in [2.75, 3.05) is 6.54 Å². The lowest BCUT2D eigenvalue weighted by Crippen LogP contribution is -2.41. The second-order valence-electron chi connectivity index (χ2n) is 6.78. The number of aromatic nitrogens is 2. The van der Waals surface area contributed by atoms with E-state index in [2.05, 4.69) is 15.3 Å². The lowest BCUT2D eigenvalue weighted by atomic mass is 10.0. The fraction of sp³-hybridized carbons (Fsp3) is 0.368.